The van der Waals surface area contributed by atoms with E-state index >= 15 is 0 Å². The molecule has 20 heteroatoms. The molecule has 4 N–H and O–H groups in total. The third-order valence-corrected chi connectivity index (χ3v) is 7.23. The molecule has 0 saturated carbocycles. The van der Waals surface area contributed by atoms with E-state index in [2.05, 4.69) is 40.5 Å². The average Bonchev–Trinajstić information content (AvgIpc) is 2.91. The minimum Gasteiger partial charge on any atom is -0.467 e. The second-order valence-corrected chi connectivity index (χ2v) is 11.3. The molecule has 220 valence electrons. The standard InChI is InChI=1S/C22H18Cl2N8O8S2/c1-39-21-29-17(23)27-19(31-21)25-13-7-5-11(15(9-13)41(33,34)35)3-4-12-6-8-14(10-16(12)42(36,37)38)26-20-28-18(24)30-22(32-20)40-2/h3-10H,1-2H3,(H,33,34,35)(H,36,37,38)(H,25,27,29,31)(H,26,28,30,32). The maximum atomic E-state index is 12.2. The van der Waals surface area contributed by atoms with Crippen LogP contribution in [0.1, 0.15) is 11.1 Å². The highest BCUT2D eigenvalue weighted by molar-refractivity contribution is 7.86. The fourth-order valence-electron chi connectivity index (χ4n) is 3.34. The van der Waals surface area contributed by atoms with Crippen LogP contribution in [0, 0.1) is 0 Å². The molecule has 0 aliphatic rings. The van der Waals surface area contributed by atoms with E-state index in [0.717, 1.165) is 12.1 Å². The molecule has 2 aromatic carbocycles. The zero-order chi connectivity index (χ0) is 30.7. The van der Waals surface area contributed by atoms with E-state index in [1.165, 1.54) is 50.6 Å². The molecule has 0 saturated heterocycles. The Kier molecular flexibility index (Phi) is 9.04. The Bertz CT molecular complexity index is 1770. The molecule has 0 fully saturated rings. The predicted octanol–water partition coefficient (Wildman–Crippen LogP) is 3.53. The smallest absolute Gasteiger partial charge is 0.322 e. The monoisotopic (exact) mass is 656 g/mol. The van der Waals surface area contributed by atoms with Crippen molar-refractivity contribution in [2.45, 2.75) is 9.79 Å². The molecule has 0 amide bonds. The highest BCUT2D eigenvalue weighted by Gasteiger charge is 2.18. The van der Waals surface area contributed by atoms with E-state index in [0.29, 0.717) is 0 Å². The molecule has 16 nitrogen and oxygen atoms in total. The molecular formula is C22H18Cl2N8O8S2. The molecule has 2 aromatic heterocycles. The molecule has 0 bridgehead atoms. The second-order valence-electron chi connectivity index (χ2n) is 7.87. The van der Waals surface area contributed by atoms with Gasteiger partial charge >= 0.3 is 12.0 Å². The zero-order valence-corrected chi connectivity index (χ0v) is 24.4. The van der Waals surface area contributed by atoms with Crippen molar-refractivity contribution in [2.75, 3.05) is 24.9 Å². The van der Waals surface area contributed by atoms with Gasteiger partial charge in [-0.05, 0) is 58.6 Å². The van der Waals surface area contributed by atoms with Crippen molar-refractivity contribution in [3.8, 4) is 12.0 Å². The highest BCUT2D eigenvalue weighted by Crippen LogP contribution is 2.28. The minimum atomic E-state index is -4.78. The summed E-state index contributed by atoms with van der Waals surface area (Å²) in [6, 6.07) is 7.49. The number of hydrogen-bond donors (Lipinski definition) is 4. The second kappa shape index (κ2) is 12.3. The van der Waals surface area contributed by atoms with Gasteiger partial charge in [0, 0.05) is 11.4 Å². The normalized spacial score (nSPS) is 11.9. The molecule has 42 heavy (non-hydrogen) atoms. The van der Waals surface area contributed by atoms with Crippen LogP contribution in [0.5, 0.6) is 12.0 Å². The van der Waals surface area contributed by atoms with E-state index in [4.69, 9.17) is 32.7 Å². The van der Waals surface area contributed by atoms with Gasteiger partial charge in [0.2, 0.25) is 22.5 Å². The minimum absolute atomic E-state index is 0.0234. The highest BCUT2D eigenvalue weighted by atomic mass is 35.5. The topological polar surface area (TPSA) is 229 Å². The number of nitrogens with zero attached hydrogens (tertiary/aromatic N) is 6. The van der Waals surface area contributed by atoms with Crippen LogP contribution in [0.15, 0.2) is 46.2 Å². The first-order valence-corrected chi connectivity index (χ1v) is 14.7. The number of ether oxygens (including phenoxy) is 2. The van der Waals surface area contributed by atoms with E-state index < -0.39 is 30.0 Å². The third kappa shape index (κ3) is 7.75. The van der Waals surface area contributed by atoms with Gasteiger partial charge < -0.3 is 20.1 Å². The van der Waals surface area contributed by atoms with Gasteiger partial charge in [-0.1, -0.05) is 24.3 Å². The van der Waals surface area contributed by atoms with Crippen LogP contribution in [0.25, 0.3) is 12.2 Å². The Labute approximate surface area is 248 Å². The van der Waals surface area contributed by atoms with Crippen molar-refractivity contribution in [1.29, 1.82) is 0 Å². The maximum absolute atomic E-state index is 12.2. The molecule has 0 aliphatic carbocycles. The first kappa shape index (κ1) is 30.8. The lowest BCUT2D eigenvalue weighted by Crippen LogP contribution is -2.05. The summed E-state index contributed by atoms with van der Waals surface area (Å²) in [7, 11) is -6.93. The Hall–Kier alpha value is -4.20. The largest absolute Gasteiger partial charge is 0.467 e. The molecule has 4 rings (SSSR count). The first-order chi connectivity index (χ1) is 19.7. The van der Waals surface area contributed by atoms with Crippen molar-refractivity contribution in [3.05, 3.63) is 58.1 Å². The number of rotatable bonds is 10. The van der Waals surface area contributed by atoms with E-state index in [-0.39, 0.29) is 57.0 Å². The molecule has 0 radical (unpaired) electrons. The Morgan fingerprint density at radius 1 is 0.667 bits per heavy atom. The molecule has 0 spiro atoms. The molecule has 0 aliphatic heterocycles. The quantitative estimate of drug-likeness (QED) is 0.141. The maximum Gasteiger partial charge on any atom is 0.322 e. The van der Waals surface area contributed by atoms with Crippen LogP contribution in [0.3, 0.4) is 0 Å². The molecule has 0 unspecified atom stereocenters. The number of aromatic nitrogens is 6. The summed E-state index contributed by atoms with van der Waals surface area (Å²) in [4.78, 5) is 22.0. The molecule has 4 aromatic rings. The number of benzene rings is 2. The average molecular weight is 657 g/mol. The number of halogens is 2. The fraction of sp³-hybridized carbons (Fsp3) is 0.0909. The predicted molar refractivity (Wildman–Crippen MR) is 151 cm³/mol. The number of methoxy groups -OCH3 is 2. The van der Waals surface area contributed by atoms with Gasteiger partial charge in [0.1, 0.15) is 9.79 Å². The van der Waals surface area contributed by atoms with Gasteiger partial charge in [-0.3, -0.25) is 9.11 Å². The first-order valence-electron chi connectivity index (χ1n) is 11.1. The van der Waals surface area contributed by atoms with Crippen LogP contribution in [0.4, 0.5) is 23.3 Å². The van der Waals surface area contributed by atoms with Crippen LogP contribution in [0.2, 0.25) is 10.6 Å². The Balaban J connectivity index is 1.68. The summed E-state index contributed by atoms with van der Waals surface area (Å²) in [5.41, 5.74) is 0.246. The van der Waals surface area contributed by atoms with Gasteiger partial charge in [0.05, 0.1) is 14.2 Å². The van der Waals surface area contributed by atoms with Crippen molar-refractivity contribution < 1.29 is 35.4 Å². The molecular weight excluding hydrogens is 639 g/mol. The van der Waals surface area contributed by atoms with Crippen LogP contribution >= 0.6 is 23.2 Å². The van der Waals surface area contributed by atoms with Gasteiger partial charge in [0.25, 0.3) is 20.2 Å². The third-order valence-electron chi connectivity index (χ3n) is 5.08. The van der Waals surface area contributed by atoms with E-state index in [9.17, 15) is 25.9 Å². The summed E-state index contributed by atoms with van der Waals surface area (Å²) in [6.45, 7) is 0. The summed E-state index contributed by atoms with van der Waals surface area (Å²) < 4.78 is 78.2. The molecule has 0 atom stereocenters. The van der Waals surface area contributed by atoms with Crippen LogP contribution in [-0.2, 0) is 20.2 Å². The van der Waals surface area contributed by atoms with Crippen molar-refractivity contribution in [2.24, 2.45) is 0 Å². The van der Waals surface area contributed by atoms with Crippen molar-refractivity contribution in [1.82, 2.24) is 29.9 Å². The Morgan fingerprint density at radius 2 is 1.05 bits per heavy atom. The Morgan fingerprint density at radius 3 is 1.38 bits per heavy atom. The van der Waals surface area contributed by atoms with Crippen molar-refractivity contribution in [3.63, 3.8) is 0 Å². The summed E-state index contributed by atoms with van der Waals surface area (Å²) in [6.07, 6.45) is 2.45. The summed E-state index contributed by atoms with van der Waals surface area (Å²) in [5.74, 6) is -0.137. The van der Waals surface area contributed by atoms with Crippen molar-refractivity contribution >= 4 is 78.9 Å². The van der Waals surface area contributed by atoms with E-state index in [1.54, 1.807) is 0 Å². The zero-order valence-electron chi connectivity index (χ0n) is 21.2. The number of hydrogen-bond acceptors (Lipinski definition) is 14. The fourth-order valence-corrected chi connectivity index (χ4v) is 5.07. The summed E-state index contributed by atoms with van der Waals surface area (Å²) in [5, 5.41) is 5.07. The number of nitrogens with one attached hydrogen (secondary N) is 2. The lowest BCUT2D eigenvalue weighted by Gasteiger charge is -2.11. The lowest BCUT2D eigenvalue weighted by molar-refractivity contribution is 0.378. The van der Waals surface area contributed by atoms with Crippen LogP contribution < -0.4 is 20.1 Å². The van der Waals surface area contributed by atoms with Gasteiger partial charge in [-0.25, -0.2) is 0 Å². The van der Waals surface area contributed by atoms with E-state index in [1.807, 2.05) is 0 Å². The number of anilines is 4. The van der Waals surface area contributed by atoms with Gasteiger partial charge in [-0.2, -0.15) is 46.7 Å². The van der Waals surface area contributed by atoms with Gasteiger partial charge in [0.15, 0.2) is 0 Å². The van der Waals surface area contributed by atoms with Crippen LogP contribution in [-0.4, -0.2) is 70.1 Å². The SMILES string of the molecule is COc1nc(Cl)nc(Nc2ccc(C=Cc3ccc(Nc4nc(Cl)nc(OC)n4)cc3S(=O)(=O)O)c(S(=O)(=O)O)c2)n1. The lowest BCUT2D eigenvalue weighted by atomic mass is 10.1. The summed E-state index contributed by atoms with van der Waals surface area (Å²) >= 11 is 11.7. The molecule has 2 heterocycles. The van der Waals surface area contributed by atoms with Gasteiger partial charge in [-0.15, -0.1) is 0 Å².